The first-order valence-electron chi connectivity index (χ1n) is 10.7. The maximum Gasteiger partial charge on any atom is 0.299 e. The lowest BCUT2D eigenvalue weighted by Gasteiger charge is -2.29. The largest absolute Gasteiger partial charge is 0.505 e. The summed E-state index contributed by atoms with van der Waals surface area (Å²) in [4.78, 5) is 15.2. The molecule has 0 aliphatic carbocycles. The summed E-state index contributed by atoms with van der Waals surface area (Å²) in [5.41, 5.74) is 4.91. The van der Waals surface area contributed by atoms with Crippen molar-refractivity contribution in [3.8, 4) is 11.4 Å². The Morgan fingerprint density at radius 3 is 2.48 bits per heavy atom. The zero-order chi connectivity index (χ0) is 22.1. The quantitative estimate of drug-likeness (QED) is 0.582. The van der Waals surface area contributed by atoms with E-state index in [0.717, 1.165) is 42.7 Å². The first-order valence-corrected chi connectivity index (χ1v) is 10.7. The van der Waals surface area contributed by atoms with Gasteiger partial charge in [-0.2, -0.15) is 0 Å². The minimum atomic E-state index is -0.268. The smallest absolute Gasteiger partial charge is 0.299 e. The van der Waals surface area contributed by atoms with Gasteiger partial charge >= 0.3 is 0 Å². The maximum atomic E-state index is 12.9. The summed E-state index contributed by atoms with van der Waals surface area (Å²) >= 11 is 0. The number of benzene rings is 2. The molecule has 2 aromatic carbocycles. The Hall–Kier alpha value is -3.19. The van der Waals surface area contributed by atoms with E-state index in [9.17, 15) is 9.90 Å². The minimum absolute atomic E-state index is 0.156. The van der Waals surface area contributed by atoms with E-state index in [0.29, 0.717) is 17.3 Å². The van der Waals surface area contributed by atoms with Crippen LogP contribution in [0.1, 0.15) is 41.1 Å². The molecule has 0 spiro atoms. The summed E-state index contributed by atoms with van der Waals surface area (Å²) in [6.07, 6.45) is 2.00. The molecule has 0 saturated carbocycles. The fourth-order valence-corrected chi connectivity index (χ4v) is 4.08. The molecule has 2 N–H and O–H groups in total. The second kappa shape index (κ2) is 8.51. The lowest BCUT2D eigenvalue weighted by molar-refractivity contribution is 0.253. The van der Waals surface area contributed by atoms with Crippen LogP contribution in [0.15, 0.2) is 51.4 Å². The summed E-state index contributed by atoms with van der Waals surface area (Å²) in [5.74, 6) is 0.464. The summed E-state index contributed by atoms with van der Waals surface area (Å²) in [6.45, 7) is 7.86. The monoisotopic (exact) mass is 419 g/mol. The van der Waals surface area contributed by atoms with Crippen LogP contribution in [0.25, 0.3) is 5.69 Å². The molecule has 3 aromatic rings. The van der Waals surface area contributed by atoms with Crippen molar-refractivity contribution in [2.75, 3.05) is 20.1 Å². The Balaban J connectivity index is 1.64. The van der Waals surface area contributed by atoms with E-state index in [2.05, 4.69) is 27.3 Å². The number of piperidine rings is 1. The lowest BCUT2D eigenvalue weighted by atomic mass is 9.88. The Kier molecular flexibility index (Phi) is 5.78. The molecule has 7 nitrogen and oxygen atoms in total. The Labute approximate surface area is 182 Å². The number of phenolic OH excluding ortho intramolecular Hbond substituents is 1. The van der Waals surface area contributed by atoms with Crippen molar-refractivity contribution in [3.63, 3.8) is 0 Å². The summed E-state index contributed by atoms with van der Waals surface area (Å²) in [7, 11) is 2.12. The van der Waals surface area contributed by atoms with Crippen molar-refractivity contribution in [1.29, 1.82) is 0 Å². The van der Waals surface area contributed by atoms with Gasteiger partial charge in [0.05, 0.1) is 11.4 Å². The first-order chi connectivity index (χ1) is 14.8. The van der Waals surface area contributed by atoms with Crippen LogP contribution in [0, 0.1) is 20.8 Å². The molecule has 0 amide bonds. The number of nitrogens with one attached hydrogen (secondary N) is 1. The fraction of sp³-hybridized carbons (Fsp3) is 0.375. The van der Waals surface area contributed by atoms with E-state index in [1.54, 1.807) is 13.0 Å². The van der Waals surface area contributed by atoms with Gasteiger partial charge in [0.25, 0.3) is 5.56 Å². The predicted octanol–water partition coefficient (Wildman–Crippen LogP) is 5.02. The van der Waals surface area contributed by atoms with Crippen molar-refractivity contribution in [1.82, 2.24) is 14.7 Å². The SMILES string of the molecule is Cc1ccc(-n2[nH]c(C)c(N=Nc3cccc(C4CCN(C)CC4)c3O)c2=O)cc1C. The number of likely N-dealkylation sites (tertiary alicyclic amines) is 1. The molecule has 1 aromatic heterocycles. The second-order valence-electron chi connectivity index (χ2n) is 8.49. The zero-order valence-corrected chi connectivity index (χ0v) is 18.5. The number of H-pyrrole nitrogens is 1. The third-order valence-corrected chi connectivity index (χ3v) is 6.25. The number of nitrogens with zero attached hydrogens (tertiary/aromatic N) is 4. The molecule has 0 atom stereocenters. The molecule has 1 aliphatic rings. The standard InChI is InChI=1S/C24H29N5O2/c1-15-8-9-19(14-16(15)2)29-24(31)22(17(3)27-29)26-25-21-7-5-6-20(23(21)30)18-10-12-28(4)13-11-18/h5-9,14,18,27,30H,10-13H2,1-4H3. The Morgan fingerprint density at radius 2 is 1.77 bits per heavy atom. The van der Waals surface area contributed by atoms with Crippen molar-refractivity contribution < 1.29 is 5.11 Å². The summed E-state index contributed by atoms with van der Waals surface area (Å²) in [6, 6.07) is 11.4. The van der Waals surface area contributed by atoms with Crippen LogP contribution >= 0.6 is 0 Å². The third-order valence-electron chi connectivity index (χ3n) is 6.25. The van der Waals surface area contributed by atoms with Crippen LogP contribution in [-0.4, -0.2) is 39.9 Å². The van der Waals surface area contributed by atoms with Gasteiger partial charge in [-0.1, -0.05) is 18.2 Å². The fourth-order valence-electron chi connectivity index (χ4n) is 4.08. The second-order valence-corrected chi connectivity index (χ2v) is 8.49. The molecule has 0 radical (unpaired) electrons. The van der Waals surface area contributed by atoms with Crippen molar-refractivity contribution >= 4 is 11.4 Å². The van der Waals surface area contributed by atoms with Gasteiger partial charge in [0.2, 0.25) is 0 Å². The summed E-state index contributed by atoms with van der Waals surface area (Å²) < 4.78 is 1.48. The summed E-state index contributed by atoms with van der Waals surface area (Å²) in [5, 5.41) is 22.3. The lowest BCUT2D eigenvalue weighted by Crippen LogP contribution is -2.29. The molecule has 31 heavy (non-hydrogen) atoms. The van der Waals surface area contributed by atoms with Crippen LogP contribution in [0.4, 0.5) is 11.4 Å². The van der Waals surface area contributed by atoms with E-state index in [1.165, 1.54) is 10.2 Å². The molecular formula is C24H29N5O2. The van der Waals surface area contributed by atoms with Crippen LogP contribution in [0.2, 0.25) is 0 Å². The van der Waals surface area contributed by atoms with Gasteiger partial charge in [-0.15, -0.1) is 10.2 Å². The van der Waals surface area contributed by atoms with Gasteiger partial charge in [0.15, 0.2) is 5.69 Å². The van der Waals surface area contributed by atoms with Gasteiger partial charge in [-0.05, 0) is 94.6 Å². The van der Waals surface area contributed by atoms with E-state index in [1.807, 2.05) is 44.2 Å². The van der Waals surface area contributed by atoms with E-state index >= 15 is 0 Å². The minimum Gasteiger partial charge on any atom is -0.505 e. The van der Waals surface area contributed by atoms with E-state index in [-0.39, 0.29) is 17.0 Å². The number of phenols is 1. The normalized spacial score (nSPS) is 15.7. The Bertz CT molecular complexity index is 1180. The van der Waals surface area contributed by atoms with Crippen LogP contribution in [0.5, 0.6) is 5.75 Å². The number of azo groups is 1. The molecule has 162 valence electrons. The molecule has 0 bridgehead atoms. The van der Waals surface area contributed by atoms with Gasteiger partial charge in [0, 0.05) is 0 Å². The molecule has 1 aliphatic heterocycles. The van der Waals surface area contributed by atoms with Crippen LogP contribution in [0.3, 0.4) is 0 Å². The maximum absolute atomic E-state index is 12.9. The highest BCUT2D eigenvalue weighted by atomic mass is 16.3. The first kappa shape index (κ1) is 21.1. The molecule has 7 heteroatoms. The number of aromatic nitrogens is 2. The highest BCUT2D eigenvalue weighted by Gasteiger charge is 2.22. The average Bonchev–Trinajstić information content (AvgIpc) is 3.04. The van der Waals surface area contributed by atoms with Gasteiger partial charge in [-0.3, -0.25) is 9.89 Å². The average molecular weight is 420 g/mol. The van der Waals surface area contributed by atoms with Crippen LogP contribution < -0.4 is 5.56 Å². The number of aromatic hydroxyl groups is 1. The topological polar surface area (TPSA) is 86.0 Å². The highest BCUT2D eigenvalue weighted by molar-refractivity contribution is 5.56. The van der Waals surface area contributed by atoms with E-state index < -0.39 is 0 Å². The van der Waals surface area contributed by atoms with Gasteiger partial charge in [0.1, 0.15) is 11.4 Å². The van der Waals surface area contributed by atoms with Gasteiger partial charge < -0.3 is 10.0 Å². The molecular weight excluding hydrogens is 390 g/mol. The number of para-hydroxylation sites is 1. The highest BCUT2D eigenvalue weighted by Crippen LogP contribution is 2.39. The number of hydrogen-bond acceptors (Lipinski definition) is 5. The molecule has 2 heterocycles. The van der Waals surface area contributed by atoms with E-state index in [4.69, 9.17) is 0 Å². The molecule has 1 fully saturated rings. The van der Waals surface area contributed by atoms with Crippen molar-refractivity contribution in [2.24, 2.45) is 10.2 Å². The molecule has 1 saturated heterocycles. The number of rotatable bonds is 4. The van der Waals surface area contributed by atoms with Crippen molar-refractivity contribution in [3.05, 3.63) is 69.1 Å². The molecule has 0 unspecified atom stereocenters. The third kappa shape index (κ3) is 4.18. The Morgan fingerprint density at radius 1 is 1.03 bits per heavy atom. The number of aryl methyl sites for hydroxylation is 3. The van der Waals surface area contributed by atoms with Crippen LogP contribution in [-0.2, 0) is 0 Å². The zero-order valence-electron chi connectivity index (χ0n) is 18.5. The number of aromatic amines is 1. The molecule has 4 rings (SSSR count). The van der Waals surface area contributed by atoms with Crippen molar-refractivity contribution in [2.45, 2.75) is 39.5 Å². The predicted molar refractivity (Wildman–Crippen MR) is 122 cm³/mol. The van der Waals surface area contributed by atoms with Gasteiger partial charge in [-0.25, -0.2) is 4.68 Å². The number of hydrogen-bond donors (Lipinski definition) is 2.